The number of likely N-dealkylation sites (N-methyl/N-ethyl adjacent to an activating group) is 2. The van der Waals surface area contributed by atoms with Crippen LogP contribution in [0.4, 0.5) is 5.69 Å². The van der Waals surface area contributed by atoms with Crippen molar-refractivity contribution in [1.82, 2.24) is 36.1 Å². The lowest BCUT2D eigenvalue weighted by molar-refractivity contribution is -0.148. The molecule has 2 rings (SSSR count). The van der Waals surface area contributed by atoms with Gasteiger partial charge in [-0.15, -0.1) is 0 Å². The summed E-state index contributed by atoms with van der Waals surface area (Å²) in [5, 5.41) is 20.1. The second-order valence-electron chi connectivity index (χ2n) is 21.9. The molecule has 22 nitrogen and oxygen atoms in total. The van der Waals surface area contributed by atoms with E-state index in [0.717, 1.165) is 0 Å². The number of carbonyl (C=O) groups excluding carboxylic acids is 7. The fraction of sp³-hybridized carbons (Fsp3) is 0.719. The van der Waals surface area contributed by atoms with E-state index in [4.69, 9.17) is 28.9 Å². The van der Waals surface area contributed by atoms with E-state index < -0.39 is 72.2 Å². The van der Waals surface area contributed by atoms with Gasteiger partial charge in [-0.25, -0.2) is 5.48 Å². The van der Waals surface area contributed by atoms with Crippen LogP contribution < -0.4 is 26.7 Å². The van der Waals surface area contributed by atoms with Crippen LogP contribution in [-0.4, -0.2) is 184 Å². The Bertz CT molecular complexity index is 2100. The van der Waals surface area contributed by atoms with Crippen molar-refractivity contribution in [2.24, 2.45) is 29.6 Å². The van der Waals surface area contributed by atoms with Crippen molar-refractivity contribution in [1.29, 1.82) is 0 Å². The van der Waals surface area contributed by atoms with Gasteiger partial charge in [0.1, 0.15) is 12.1 Å². The summed E-state index contributed by atoms with van der Waals surface area (Å²) in [6.07, 6.45) is 4.02. The molecular weight excluding hydrogens is 1020 g/mol. The number of hydrogen-bond donors (Lipinski definition) is 6. The fourth-order valence-electron chi connectivity index (χ4n) is 9.81. The minimum Gasteiger partial charge on any atom is -0.481 e. The first-order valence-electron chi connectivity index (χ1n) is 27.8. The number of nitrogens with one attached hydrogen (secondary N) is 5. The molecule has 6 N–H and O–H groups in total. The molecule has 0 bridgehead atoms. The summed E-state index contributed by atoms with van der Waals surface area (Å²) in [7, 11) is 8.47. The molecule has 0 aromatic heterocycles. The summed E-state index contributed by atoms with van der Waals surface area (Å²) in [6, 6.07) is 3.23. The summed E-state index contributed by atoms with van der Waals surface area (Å²) in [4.78, 5) is 116. The van der Waals surface area contributed by atoms with E-state index >= 15 is 0 Å². The van der Waals surface area contributed by atoms with Crippen LogP contribution in [0, 0.1) is 29.6 Å². The molecular formula is C57H96N8O14. The zero-order valence-corrected chi connectivity index (χ0v) is 49.8. The third-order valence-corrected chi connectivity index (χ3v) is 14.2. The lowest BCUT2D eigenvalue weighted by Gasteiger charge is -2.41. The molecule has 1 aromatic carbocycles. The second kappa shape index (κ2) is 36.0. The standard InChI is InChI=1S/C57H96N8O14/c1-16-38(8)52(64(13)57(74)50(36(4)5)61-56(73)51(37(6)7)63(11)12)45(75-14)33-48(68)65-27-17-18-44(65)53(76-15)39(9)54(71)60-43(32-35(2)3)23-24-47(67)62-79-34-41-19-21-42(22-20-41)59-55(72)40(10)58-46(66)25-28-77-30-31-78-29-26-49(69)70/h19-24,35-40,43-45,50-53H,16-18,25-34H2,1-15H3,(H,58,66)(H,59,72)(H,60,71)(H,61,73)(H,62,67)(H,69,70)/b24-23+/t38-,39+,40+,43+,44-,45+,50-,51?,52-,53+/m0/s1. The Kier molecular flexibility index (Phi) is 31.7. The van der Waals surface area contributed by atoms with Gasteiger partial charge in [0.15, 0.2) is 0 Å². The van der Waals surface area contributed by atoms with Crippen molar-refractivity contribution in [2.45, 2.75) is 169 Å². The molecule has 1 heterocycles. The van der Waals surface area contributed by atoms with E-state index in [0.29, 0.717) is 43.5 Å². The summed E-state index contributed by atoms with van der Waals surface area (Å²) in [5.74, 6) is -4.10. The highest BCUT2D eigenvalue weighted by molar-refractivity contribution is 5.97. The number of amides is 7. The molecule has 0 aliphatic carbocycles. The van der Waals surface area contributed by atoms with Crippen molar-refractivity contribution in [3.05, 3.63) is 42.0 Å². The minimum absolute atomic E-state index is 0.0109. The Hall–Kier alpha value is -5.52. The van der Waals surface area contributed by atoms with Gasteiger partial charge in [-0.1, -0.05) is 86.9 Å². The number of benzene rings is 1. The predicted molar refractivity (Wildman–Crippen MR) is 300 cm³/mol. The quantitative estimate of drug-likeness (QED) is 0.0308. The Labute approximate surface area is 469 Å². The molecule has 1 aromatic rings. The zero-order chi connectivity index (χ0) is 59.5. The molecule has 1 aliphatic rings. The SMILES string of the molecule is CC[C@H](C)[C@@H]([C@@H](CC(=O)N1CCC[C@H]1[C@H](OC)[C@@H](C)C(=O)N[C@H](/C=C/C(=O)NOCc1ccc(NC(=O)[C@@H](C)NC(=O)CCOCCOCCC(=O)O)cc1)CC(C)C)OC)N(C)C(=O)[C@@H](NC(=O)C(C(C)C)N(C)C)C(C)C. The number of carboxylic acid groups (broad SMARTS) is 1. The van der Waals surface area contributed by atoms with Crippen molar-refractivity contribution in [2.75, 3.05) is 73.7 Å². The normalized spacial score (nSPS) is 17.2. The first-order chi connectivity index (χ1) is 37.3. The van der Waals surface area contributed by atoms with Crippen molar-refractivity contribution in [3.8, 4) is 0 Å². The molecule has 448 valence electrons. The van der Waals surface area contributed by atoms with Crippen molar-refractivity contribution >= 4 is 53.0 Å². The monoisotopic (exact) mass is 1120 g/mol. The van der Waals surface area contributed by atoms with Crippen LogP contribution in [0.3, 0.4) is 0 Å². The Morgan fingerprint density at radius 2 is 1.42 bits per heavy atom. The van der Waals surface area contributed by atoms with Gasteiger partial charge in [0, 0.05) is 52.0 Å². The minimum atomic E-state index is -0.954. The van der Waals surface area contributed by atoms with Crippen LogP contribution in [0.1, 0.15) is 120 Å². The topological polar surface area (TPSA) is 273 Å². The number of methoxy groups -OCH3 is 2. The number of aliphatic carboxylic acids is 1. The number of nitrogens with zero attached hydrogens (tertiary/aromatic N) is 3. The van der Waals surface area contributed by atoms with Gasteiger partial charge in [-0.3, -0.25) is 48.1 Å². The molecule has 1 aliphatic heterocycles. The number of likely N-dealkylation sites (tertiary alicyclic amines) is 1. The van der Waals surface area contributed by atoms with Gasteiger partial charge in [0.05, 0.1) is 82.1 Å². The molecule has 10 atom stereocenters. The highest BCUT2D eigenvalue weighted by Gasteiger charge is 2.43. The van der Waals surface area contributed by atoms with Crippen LogP contribution in [0.15, 0.2) is 36.4 Å². The average Bonchev–Trinajstić information content (AvgIpc) is 3.87. The zero-order valence-electron chi connectivity index (χ0n) is 49.8. The Morgan fingerprint density at radius 3 is 1.96 bits per heavy atom. The second-order valence-corrected chi connectivity index (χ2v) is 21.9. The number of rotatable bonds is 37. The molecule has 0 spiro atoms. The fourth-order valence-corrected chi connectivity index (χ4v) is 9.81. The smallest absolute Gasteiger partial charge is 0.305 e. The summed E-state index contributed by atoms with van der Waals surface area (Å²) in [6.45, 7) is 20.2. The molecule has 22 heteroatoms. The lowest BCUT2D eigenvalue weighted by atomic mass is 9.89. The van der Waals surface area contributed by atoms with E-state index in [1.54, 1.807) is 68.1 Å². The van der Waals surface area contributed by atoms with E-state index in [1.165, 1.54) is 13.2 Å². The third kappa shape index (κ3) is 24.0. The molecule has 0 saturated carbocycles. The first kappa shape index (κ1) is 69.6. The van der Waals surface area contributed by atoms with Crippen LogP contribution in [0.2, 0.25) is 0 Å². The molecule has 7 amide bonds. The number of hydroxylamine groups is 1. The van der Waals surface area contributed by atoms with E-state index in [2.05, 4.69) is 26.7 Å². The number of hydrogen-bond acceptors (Lipinski definition) is 14. The number of carbonyl (C=O) groups is 8. The van der Waals surface area contributed by atoms with Crippen LogP contribution in [-0.2, 0) is 68.7 Å². The van der Waals surface area contributed by atoms with E-state index in [1.807, 2.05) is 74.4 Å². The van der Waals surface area contributed by atoms with Gasteiger partial charge < -0.3 is 55.1 Å². The van der Waals surface area contributed by atoms with Crippen LogP contribution >= 0.6 is 0 Å². The first-order valence-corrected chi connectivity index (χ1v) is 27.8. The molecule has 1 fully saturated rings. The maximum Gasteiger partial charge on any atom is 0.305 e. The molecule has 1 saturated heterocycles. The van der Waals surface area contributed by atoms with Gasteiger partial charge in [-0.05, 0) is 81.6 Å². The summed E-state index contributed by atoms with van der Waals surface area (Å²) >= 11 is 0. The third-order valence-electron chi connectivity index (χ3n) is 14.2. The summed E-state index contributed by atoms with van der Waals surface area (Å²) < 4.78 is 22.5. The Morgan fingerprint density at radius 1 is 0.785 bits per heavy atom. The van der Waals surface area contributed by atoms with Gasteiger partial charge >= 0.3 is 5.97 Å². The maximum absolute atomic E-state index is 14.4. The van der Waals surface area contributed by atoms with Crippen molar-refractivity contribution < 1.29 is 67.2 Å². The van der Waals surface area contributed by atoms with Crippen molar-refractivity contribution in [3.63, 3.8) is 0 Å². The molecule has 0 radical (unpaired) electrons. The number of anilines is 1. The molecule has 79 heavy (non-hydrogen) atoms. The number of ether oxygens (including phenoxy) is 4. The number of carboxylic acids is 1. The maximum atomic E-state index is 14.4. The van der Waals surface area contributed by atoms with Gasteiger partial charge in [0.25, 0.3) is 5.91 Å². The highest BCUT2D eigenvalue weighted by atomic mass is 16.6. The Balaban J connectivity index is 2.02. The molecule has 1 unspecified atom stereocenters. The average molecular weight is 1120 g/mol. The summed E-state index contributed by atoms with van der Waals surface area (Å²) in [5.41, 5.74) is 3.57. The van der Waals surface area contributed by atoms with E-state index in [9.17, 15) is 38.4 Å². The van der Waals surface area contributed by atoms with Gasteiger partial charge in [0.2, 0.25) is 35.4 Å². The lowest BCUT2D eigenvalue weighted by Crippen LogP contribution is -2.59. The van der Waals surface area contributed by atoms with Crippen LogP contribution in [0.25, 0.3) is 0 Å². The largest absolute Gasteiger partial charge is 0.481 e. The van der Waals surface area contributed by atoms with Crippen LogP contribution in [0.5, 0.6) is 0 Å². The predicted octanol–water partition coefficient (Wildman–Crippen LogP) is 4.31. The van der Waals surface area contributed by atoms with E-state index in [-0.39, 0.29) is 106 Å². The highest BCUT2D eigenvalue weighted by Crippen LogP contribution is 2.30. The van der Waals surface area contributed by atoms with Gasteiger partial charge in [-0.2, -0.15) is 0 Å².